The second-order valence-corrected chi connectivity index (χ2v) is 7.52. The number of amides is 2. The summed E-state index contributed by atoms with van der Waals surface area (Å²) in [6.07, 6.45) is 9.92. The molecule has 8 nitrogen and oxygen atoms in total. The predicted molar refractivity (Wildman–Crippen MR) is 109 cm³/mol. The summed E-state index contributed by atoms with van der Waals surface area (Å²) in [7, 11) is 0. The number of carboxylic acid groups (broad SMARTS) is 1. The zero-order valence-corrected chi connectivity index (χ0v) is 16.7. The lowest BCUT2D eigenvalue weighted by atomic mass is 9.91. The lowest BCUT2D eigenvalue weighted by Gasteiger charge is -2.32. The number of nitrogens with zero attached hydrogens (tertiary/aromatic N) is 3. The van der Waals surface area contributed by atoms with Crippen molar-refractivity contribution >= 4 is 17.8 Å². The summed E-state index contributed by atoms with van der Waals surface area (Å²) in [5.41, 5.74) is 1.85. The number of nitrogens with one attached hydrogen (secondary N) is 1. The topological polar surface area (TPSA) is 112 Å². The van der Waals surface area contributed by atoms with Crippen LogP contribution in [0.4, 0.5) is 0 Å². The van der Waals surface area contributed by atoms with Crippen molar-refractivity contribution in [3.05, 3.63) is 60.2 Å². The van der Waals surface area contributed by atoms with Crippen LogP contribution in [0.15, 0.2) is 49.1 Å². The summed E-state index contributed by atoms with van der Waals surface area (Å²) in [4.78, 5) is 46.3. The molecule has 2 N–H and O–H groups in total. The van der Waals surface area contributed by atoms with Crippen molar-refractivity contribution in [2.24, 2.45) is 5.92 Å². The molecular weight excluding hydrogens is 384 g/mol. The molecule has 1 saturated heterocycles. The second-order valence-electron chi connectivity index (χ2n) is 7.52. The standard InChI is InChI=1S/C22H26N4O4/c27-20(25-19(22(29)30)13-17-3-1-9-24-14-17)15-26-12-2-4-18(21(26)28)6-5-16-7-10-23-11-8-16/h1,3,7-11,14,18-19H,2,4-6,12-13,15H2,(H,25,27)(H,29,30)/t18-,19+/m0/s1. The summed E-state index contributed by atoms with van der Waals surface area (Å²) < 4.78 is 0. The van der Waals surface area contributed by atoms with Crippen LogP contribution < -0.4 is 5.32 Å². The van der Waals surface area contributed by atoms with E-state index in [-0.39, 0.29) is 24.8 Å². The van der Waals surface area contributed by atoms with E-state index < -0.39 is 17.9 Å². The van der Waals surface area contributed by atoms with Crippen LogP contribution in [0.2, 0.25) is 0 Å². The van der Waals surface area contributed by atoms with Gasteiger partial charge in [-0.15, -0.1) is 0 Å². The molecule has 0 saturated carbocycles. The highest BCUT2D eigenvalue weighted by Crippen LogP contribution is 2.22. The molecule has 0 bridgehead atoms. The van der Waals surface area contributed by atoms with Crippen molar-refractivity contribution in [2.75, 3.05) is 13.1 Å². The maximum Gasteiger partial charge on any atom is 0.326 e. The molecule has 1 aliphatic heterocycles. The first-order chi connectivity index (χ1) is 14.5. The zero-order chi connectivity index (χ0) is 21.3. The van der Waals surface area contributed by atoms with Crippen molar-refractivity contribution < 1.29 is 19.5 Å². The van der Waals surface area contributed by atoms with Crippen LogP contribution >= 0.6 is 0 Å². The number of carbonyl (C=O) groups excluding carboxylic acids is 2. The van der Waals surface area contributed by atoms with E-state index in [1.807, 2.05) is 12.1 Å². The van der Waals surface area contributed by atoms with Crippen LogP contribution in [-0.4, -0.2) is 56.9 Å². The summed E-state index contributed by atoms with van der Waals surface area (Å²) in [6, 6.07) is 6.29. The molecule has 2 amide bonds. The minimum Gasteiger partial charge on any atom is -0.480 e. The van der Waals surface area contributed by atoms with E-state index in [1.165, 1.54) is 0 Å². The first-order valence-electron chi connectivity index (χ1n) is 10.1. The van der Waals surface area contributed by atoms with Gasteiger partial charge in [0.05, 0.1) is 6.54 Å². The fourth-order valence-corrected chi connectivity index (χ4v) is 3.70. The van der Waals surface area contributed by atoms with Crippen molar-refractivity contribution in [1.29, 1.82) is 0 Å². The van der Waals surface area contributed by atoms with Gasteiger partial charge in [-0.1, -0.05) is 6.07 Å². The zero-order valence-electron chi connectivity index (χ0n) is 16.7. The second kappa shape index (κ2) is 10.5. The quantitative estimate of drug-likeness (QED) is 0.647. The number of carboxylic acids is 1. The minimum absolute atomic E-state index is 0.0374. The van der Waals surface area contributed by atoms with E-state index in [0.717, 1.165) is 36.8 Å². The van der Waals surface area contributed by atoms with Gasteiger partial charge in [0, 0.05) is 43.7 Å². The van der Waals surface area contributed by atoms with E-state index in [1.54, 1.807) is 41.8 Å². The van der Waals surface area contributed by atoms with Gasteiger partial charge < -0.3 is 15.3 Å². The molecule has 0 aromatic carbocycles. The first-order valence-corrected chi connectivity index (χ1v) is 10.1. The lowest BCUT2D eigenvalue weighted by molar-refractivity contribution is -0.144. The smallest absolute Gasteiger partial charge is 0.326 e. The lowest BCUT2D eigenvalue weighted by Crippen LogP contribution is -2.50. The molecule has 0 radical (unpaired) electrons. The highest BCUT2D eigenvalue weighted by molar-refractivity contribution is 5.89. The Kier molecular flexibility index (Phi) is 7.48. The average Bonchev–Trinajstić information content (AvgIpc) is 2.75. The third-order valence-electron chi connectivity index (χ3n) is 5.30. The van der Waals surface area contributed by atoms with Gasteiger partial charge >= 0.3 is 5.97 Å². The van der Waals surface area contributed by atoms with Crippen LogP contribution in [0, 0.1) is 5.92 Å². The highest BCUT2D eigenvalue weighted by Gasteiger charge is 2.30. The van der Waals surface area contributed by atoms with Crippen molar-refractivity contribution in [2.45, 2.75) is 38.1 Å². The van der Waals surface area contributed by atoms with E-state index in [9.17, 15) is 19.5 Å². The Bertz CT molecular complexity index is 860. The van der Waals surface area contributed by atoms with Crippen molar-refractivity contribution in [1.82, 2.24) is 20.2 Å². The van der Waals surface area contributed by atoms with Crippen molar-refractivity contribution in [3.8, 4) is 0 Å². The third kappa shape index (κ3) is 6.10. The number of rotatable bonds is 9. The maximum absolute atomic E-state index is 12.8. The molecule has 158 valence electrons. The van der Waals surface area contributed by atoms with Crippen LogP contribution in [0.1, 0.15) is 30.4 Å². The van der Waals surface area contributed by atoms with Crippen molar-refractivity contribution in [3.63, 3.8) is 0 Å². The number of likely N-dealkylation sites (tertiary alicyclic amines) is 1. The first kappa shape index (κ1) is 21.4. The molecule has 30 heavy (non-hydrogen) atoms. The highest BCUT2D eigenvalue weighted by atomic mass is 16.4. The number of hydrogen-bond donors (Lipinski definition) is 2. The van der Waals surface area contributed by atoms with Gasteiger partial charge in [-0.25, -0.2) is 4.79 Å². The Morgan fingerprint density at radius 1 is 1.17 bits per heavy atom. The number of aliphatic carboxylic acids is 1. The number of carbonyl (C=O) groups is 3. The molecule has 3 rings (SSSR count). The molecule has 1 fully saturated rings. The minimum atomic E-state index is -1.12. The summed E-state index contributed by atoms with van der Waals surface area (Å²) in [5, 5.41) is 12.0. The normalized spacial score (nSPS) is 17.4. The van der Waals surface area contributed by atoms with E-state index >= 15 is 0 Å². The Hall–Kier alpha value is -3.29. The van der Waals surface area contributed by atoms with Crippen LogP contribution in [-0.2, 0) is 27.2 Å². The Morgan fingerprint density at radius 2 is 1.97 bits per heavy atom. The molecule has 1 aliphatic rings. The monoisotopic (exact) mass is 410 g/mol. The Morgan fingerprint density at radius 3 is 2.67 bits per heavy atom. The maximum atomic E-state index is 12.8. The molecule has 2 aromatic heterocycles. The molecule has 8 heteroatoms. The summed E-state index contributed by atoms with van der Waals surface area (Å²) >= 11 is 0. The average molecular weight is 410 g/mol. The molecule has 0 unspecified atom stereocenters. The fourth-order valence-electron chi connectivity index (χ4n) is 3.70. The molecule has 2 atom stereocenters. The molecule has 2 aromatic rings. The Labute approximate surface area is 175 Å². The SMILES string of the molecule is O=C(CN1CCC[C@@H](CCc2ccncc2)C1=O)N[C@H](Cc1cccnc1)C(=O)O. The largest absolute Gasteiger partial charge is 0.480 e. The molecule has 0 aliphatic carbocycles. The number of aryl methyl sites for hydroxylation is 1. The number of pyridine rings is 2. The van der Waals surface area contributed by atoms with Gasteiger partial charge in [0.25, 0.3) is 0 Å². The molecule has 0 spiro atoms. The third-order valence-corrected chi connectivity index (χ3v) is 5.30. The van der Waals surface area contributed by atoms with Gasteiger partial charge in [0.2, 0.25) is 11.8 Å². The number of aromatic nitrogens is 2. The van der Waals surface area contributed by atoms with Crippen LogP contribution in [0.25, 0.3) is 0 Å². The van der Waals surface area contributed by atoms with Gasteiger partial charge in [-0.05, 0) is 55.0 Å². The van der Waals surface area contributed by atoms with Gasteiger partial charge in [0.1, 0.15) is 6.04 Å². The number of hydrogen-bond acceptors (Lipinski definition) is 5. The van der Waals surface area contributed by atoms with Crippen LogP contribution in [0.5, 0.6) is 0 Å². The van der Waals surface area contributed by atoms with Gasteiger partial charge in [0.15, 0.2) is 0 Å². The predicted octanol–water partition coefficient (Wildman–Crippen LogP) is 1.46. The fraction of sp³-hybridized carbons (Fsp3) is 0.409. The van der Waals surface area contributed by atoms with E-state index in [4.69, 9.17) is 0 Å². The van der Waals surface area contributed by atoms with E-state index in [0.29, 0.717) is 6.54 Å². The number of piperidine rings is 1. The van der Waals surface area contributed by atoms with Gasteiger partial charge in [-0.2, -0.15) is 0 Å². The molecule has 3 heterocycles. The van der Waals surface area contributed by atoms with Crippen LogP contribution in [0.3, 0.4) is 0 Å². The molecular formula is C22H26N4O4. The Balaban J connectivity index is 1.52. The summed E-state index contributed by atoms with van der Waals surface area (Å²) in [6.45, 7) is 0.389. The van der Waals surface area contributed by atoms with E-state index in [2.05, 4.69) is 15.3 Å². The van der Waals surface area contributed by atoms with Gasteiger partial charge in [-0.3, -0.25) is 19.6 Å². The summed E-state index contributed by atoms with van der Waals surface area (Å²) in [5.74, 6) is -1.74.